The van der Waals surface area contributed by atoms with E-state index in [1.165, 1.54) is 0 Å². The minimum Gasteiger partial charge on any atom is -0.456 e. The van der Waals surface area contributed by atoms with Crippen LogP contribution >= 0.6 is 0 Å². The van der Waals surface area contributed by atoms with Gasteiger partial charge in [-0.15, -0.1) is 0 Å². The first-order valence-corrected chi connectivity index (χ1v) is 22.8. The van der Waals surface area contributed by atoms with Crippen molar-refractivity contribution >= 4 is 66.8 Å². The highest BCUT2D eigenvalue weighted by molar-refractivity contribution is 6.10. The molecule has 0 spiro atoms. The second kappa shape index (κ2) is 16.2. The zero-order valence-electron chi connectivity index (χ0n) is 43.7. The number of para-hydroxylation sites is 5. The molecule has 1 heterocycles. The molecule has 320 valence electrons. The second-order valence-corrected chi connectivity index (χ2v) is 17.0. The van der Waals surface area contributed by atoms with Crippen LogP contribution in [0.2, 0.25) is 0 Å². The number of hydrogen-bond acceptors (Lipinski definition) is 3. The molecule has 0 bridgehead atoms. The van der Waals surface area contributed by atoms with E-state index in [1.807, 2.05) is 121 Å². The van der Waals surface area contributed by atoms with Gasteiger partial charge < -0.3 is 14.2 Å². The third-order valence-electron chi connectivity index (χ3n) is 13.4. The van der Waals surface area contributed by atoms with Crippen molar-refractivity contribution in [1.29, 1.82) is 0 Å². The molecule has 1 aliphatic rings. The van der Waals surface area contributed by atoms with Gasteiger partial charge in [-0.3, -0.25) is 0 Å². The molecule has 0 fully saturated rings. The van der Waals surface area contributed by atoms with E-state index in [0.29, 0.717) is 16.7 Å². The Morgan fingerprint density at radius 3 is 1.59 bits per heavy atom. The SMILES string of the molecule is [2H]c1c([2H])c([2H])c2c(C3(c4cccc5oc6ccccc6c45)c4ccc(N(c5ccccc5)c5ccccc5)cc4-c4cc(N(c5ccccc5)c5ccccc5-c5ccccc5)ccc43)c([2H])c([2H])c([2H])c2c1[2H]. The topological polar surface area (TPSA) is 19.6 Å². The highest BCUT2D eigenvalue weighted by Gasteiger charge is 2.49. The van der Waals surface area contributed by atoms with Crippen molar-refractivity contribution in [3.05, 3.63) is 289 Å². The van der Waals surface area contributed by atoms with Crippen LogP contribution in [0, 0.1) is 0 Å². The Morgan fingerprint density at radius 1 is 0.353 bits per heavy atom. The molecule has 1 aromatic heterocycles. The Kier molecular flexibility index (Phi) is 7.79. The summed E-state index contributed by atoms with van der Waals surface area (Å²) in [5.74, 6) is 0. The number of nitrogens with zero attached hydrogens (tertiary/aromatic N) is 2. The van der Waals surface area contributed by atoms with Crippen LogP contribution in [0.3, 0.4) is 0 Å². The van der Waals surface area contributed by atoms with Gasteiger partial charge in [-0.2, -0.15) is 0 Å². The third kappa shape index (κ3) is 6.21. The van der Waals surface area contributed by atoms with Crippen molar-refractivity contribution in [2.75, 3.05) is 9.80 Å². The van der Waals surface area contributed by atoms with E-state index in [-0.39, 0.29) is 28.4 Å². The minimum atomic E-state index is -1.56. The molecule has 1 aliphatic carbocycles. The van der Waals surface area contributed by atoms with Crippen molar-refractivity contribution in [1.82, 2.24) is 0 Å². The lowest BCUT2D eigenvalue weighted by atomic mass is 9.65. The van der Waals surface area contributed by atoms with Gasteiger partial charge in [0.05, 0.1) is 20.7 Å². The predicted molar refractivity (Wildman–Crippen MR) is 283 cm³/mol. The van der Waals surface area contributed by atoms with Gasteiger partial charge in [-0.1, -0.05) is 188 Å². The van der Waals surface area contributed by atoms with E-state index < -0.39 is 35.6 Å². The maximum Gasteiger partial charge on any atom is 0.135 e. The van der Waals surface area contributed by atoms with E-state index in [0.717, 1.165) is 78.3 Å². The molecule has 0 saturated carbocycles. The first-order chi connectivity index (χ1) is 36.7. The third-order valence-corrected chi connectivity index (χ3v) is 13.4. The van der Waals surface area contributed by atoms with Crippen LogP contribution in [0.15, 0.2) is 271 Å². The lowest BCUT2D eigenvalue weighted by Gasteiger charge is -2.36. The maximum atomic E-state index is 10.2. The fraction of sp³-hybridized carbons (Fsp3) is 0.0154. The molecule has 3 heteroatoms. The smallest absolute Gasteiger partial charge is 0.135 e. The van der Waals surface area contributed by atoms with Crippen molar-refractivity contribution in [3.63, 3.8) is 0 Å². The van der Waals surface area contributed by atoms with E-state index in [4.69, 9.17) is 7.16 Å². The Hall–Kier alpha value is -8.92. The van der Waals surface area contributed by atoms with Crippen LogP contribution in [-0.4, -0.2) is 0 Å². The van der Waals surface area contributed by atoms with Crippen molar-refractivity contribution < 1.29 is 14.0 Å². The van der Waals surface area contributed by atoms with Gasteiger partial charge in [0.25, 0.3) is 0 Å². The largest absolute Gasteiger partial charge is 0.456 e. The predicted octanol–water partition coefficient (Wildman–Crippen LogP) is 17.7. The van der Waals surface area contributed by atoms with Crippen molar-refractivity contribution in [2.24, 2.45) is 0 Å². The molecule has 11 aromatic carbocycles. The summed E-state index contributed by atoms with van der Waals surface area (Å²) in [7, 11) is 0. The first-order valence-electron chi connectivity index (χ1n) is 26.3. The molecular weight excluding hydrogens is 825 g/mol. The highest BCUT2D eigenvalue weighted by atomic mass is 16.3. The molecule has 68 heavy (non-hydrogen) atoms. The minimum absolute atomic E-state index is 0.0154. The lowest BCUT2D eigenvalue weighted by Crippen LogP contribution is -2.29. The van der Waals surface area contributed by atoms with E-state index in [1.54, 1.807) is 0 Å². The van der Waals surface area contributed by atoms with Crippen LogP contribution < -0.4 is 9.80 Å². The van der Waals surface area contributed by atoms with Gasteiger partial charge in [0, 0.05) is 44.8 Å². The van der Waals surface area contributed by atoms with Crippen LogP contribution in [0.25, 0.3) is 55.0 Å². The van der Waals surface area contributed by atoms with Gasteiger partial charge in [-0.05, 0) is 129 Å². The second-order valence-electron chi connectivity index (χ2n) is 17.0. The first kappa shape index (κ1) is 32.7. The average molecular weight is 876 g/mol. The van der Waals surface area contributed by atoms with Gasteiger partial charge in [0.2, 0.25) is 0 Å². The van der Waals surface area contributed by atoms with Gasteiger partial charge >= 0.3 is 0 Å². The summed E-state index contributed by atoms with van der Waals surface area (Å²) in [5, 5.41) is 1.48. The van der Waals surface area contributed by atoms with Crippen LogP contribution in [0.5, 0.6) is 0 Å². The molecule has 0 radical (unpaired) electrons. The van der Waals surface area contributed by atoms with E-state index in [9.17, 15) is 6.85 Å². The molecule has 12 aromatic rings. The molecule has 0 N–H and O–H groups in total. The fourth-order valence-electron chi connectivity index (χ4n) is 10.6. The number of anilines is 6. The lowest BCUT2D eigenvalue weighted by molar-refractivity contribution is 0.667. The molecule has 3 nitrogen and oxygen atoms in total. The summed E-state index contributed by atoms with van der Waals surface area (Å²) in [4.78, 5) is 4.47. The Balaban J connectivity index is 1.22. The molecule has 0 aliphatic heterocycles. The van der Waals surface area contributed by atoms with E-state index in [2.05, 4.69) is 113 Å². The summed E-state index contributed by atoms with van der Waals surface area (Å²) in [6.07, 6.45) is 0. The standard InChI is InChI=1S/C65H44N2O/c1-5-21-46(22-6-1)53-32-15-17-36-61(53)67(49-29-11-4-12-30-49)51-40-42-59-56(44-51)55-43-50(66(47-25-7-2-8-26-47)48-27-9-3-10-28-48)39-41-58(55)65(59,57-34-19-24-45-23-13-14-31-52(45)57)60-35-20-38-63-64(60)54-33-16-18-37-62(54)68-63/h1-44H/i13D,14D,19D,23D,24D,31D,34D. The number of furan rings is 1. The normalized spacial score (nSPS) is 15.4. The number of fused-ring (bicyclic) bond motifs is 7. The monoisotopic (exact) mass is 875 g/mol. The summed E-state index contributed by atoms with van der Waals surface area (Å²) in [6, 6.07) is 72.7. The zero-order valence-corrected chi connectivity index (χ0v) is 36.7. The molecule has 1 atom stereocenters. The Bertz CT molecular complexity index is 4180. The molecule has 13 rings (SSSR count). The highest BCUT2D eigenvalue weighted by Crippen LogP contribution is 2.61. The quantitative estimate of drug-likeness (QED) is 0.144. The average Bonchev–Trinajstić information content (AvgIpc) is 4.04. The molecule has 0 amide bonds. The maximum absolute atomic E-state index is 10.2. The Labute approximate surface area is 405 Å². The van der Waals surface area contributed by atoms with Crippen LogP contribution in [0.4, 0.5) is 34.1 Å². The Morgan fingerprint density at radius 2 is 0.897 bits per heavy atom. The molecule has 1 unspecified atom stereocenters. The number of rotatable bonds is 9. The van der Waals surface area contributed by atoms with Gasteiger partial charge in [0.15, 0.2) is 0 Å². The summed E-state index contributed by atoms with van der Waals surface area (Å²) < 4.78 is 73.0. The van der Waals surface area contributed by atoms with Crippen LogP contribution in [-0.2, 0) is 5.41 Å². The van der Waals surface area contributed by atoms with Gasteiger partial charge in [-0.25, -0.2) is 0 Å². The molecule has 0 saturated heterocycles. The number of benzene rings is 11. The van der Waals surface area contributed by atoms with E-state index >= 15 is 0 Å². The zero-order chi connectivity index (χ0) is 51.1. The van der Waals surface area contributed by atoms with Gasteiger partial charge in [0.1, 0.15) is 11.2 Å². The number of hydrogen-bond donors (Lipinski definition) is 0. The molecular formula is C65H44N2O. The fourth-order valence-corrected chi connectivity index (χ4v) is 10.6. The summed E-state index contributed by atoms with van der Waals surface area (Å²) in [5.41, 5.74) is 11.1. The van der Waals surface area contributed by atoms with Crippen LogP contribution in [0.1, 0.15) is 31.8 Å². The summed E-state index contributed by atoms with van der Waals surface area (Å²) in [6.45, 7) is 0. The summed E-state index contributed by atoms with van der Waals surface area (Å²) >= 11 is 0. The van der Waals surface area contributed by atoms with Crippen molar-refractivity contribution in [2.45, 2.75) is 5.41 Å². The van der Waals surface area contributed by atoms with Crippen molar-refractivity contribution in [3.8, 4) is 22.3 Å².